The fourth-order valence-electron chi connectivity index (χ4n) is 4.93. The molecule has 5 aromatic rings. The van der Waals surface area contributed by atoms with Crippen molar-refractivity contribution in [1.29, 1.82) is 0 Å². The van der Waals surface area contributed by atoms with Gasteiger partial charge >= 0.3 is 0 Å². The van der Waals surface area contributed by atoms with Crippen LogP contribution in [0.2, 0.25) is 0 Å². The molecule has 0 bridgehead atoms. The molecule has 0 aliphatic carbocycles. The highest BCUT2D eigenvalue weighted by Gasteiger charge is 2.33. The van der Waals surface area contributed by atoms with Crippen molar-refractivity contribution in [2.75, 3.05) is 18.9 Å². The lowest BCUT2D eigenvalue weighted by atomic mass is 10.0. The number of likely N-dealkylation sites (N-methyl/N-ethyl adjacent to an activating group) is 1. The molecule has 2 N–H and O–H groups in total. The number of nitrogen functional groups attached to an aromatic ring is 1. The second-order valence-corrected chi connectivity index (χ2v) is 8.78. The zero-order chi connectivity index (χ0) is 25.0. The number of benzene rings is 2. The van der Waals surface area contributed by atoms with Crippen LogP contribution in [0.5, 0.6) is 5.75 Å². The third kappa shape index (κ3) is 3.35. The highest BCUT2D eigenvalue weighted by Crippen LogP contribution is 2.39. The van der Waals surface area contributed by atoms with Gasteiger partial charge in [-0.25, -0.2) is 14.4 Å². The molecule has 6 rings (SSSR count). The molecule has 1 aliphatic heterocycles. The lowest BCUT2D eigenvalue weighted by molar-refractivity contribution is 0.0658. The molecule has 1 unspecified atom stereocenters. The molecule has 9 heteroatoms. The summed E-state index contributed by atoms with van der Waals surface area (Å²) in [5.74, 6) is -0.102. The van der Waals surface area contributed by atoms with Crippen molar-refractivity contribution in [2.24, 2.45) is 0 Å². The first-order valence-corrected chi connectivity index (χ1v) is 11.7. The van der Waals surface area contributed by atoms with E-state index >= 15 is 4.39 Å². The van der Waals surface area contributed by atoms with Crippen LogP contribution in [0.25, 0.3) is 27.7 Å². The van der Waals surface area contributed by atoms with Crippen molar-refractivity contribution in [3.05, 3.63) is 83.8 Å². The molecule has 1 atom stereocenters. The first-order chi connectivity index (χ1) is 17.5. The van der Waals surface area contributed by atoms with Crippen molar-refractivity contribution in [2.45, 2.75) is 19.9 Å². The van der Waals surface area contributed by atoms with E-state index < -0.39 is 11.7 Å². The highest BCUT2D eigenvalue weighted by atomic mass is 19.1. The summed E-state index contributed by atoms with van der Waals surface area (Å²) in [6.45, 7) is 4.38. The van der Waals surface area contributed by atoms with Gasteiger partial charge in [0.15, 0.2) is 0 Å². The monoisotopic (exact) mass is 482 g/mol. The molecule has 2 aromatic carbocycles. The Kier molecular flexibility index (Phi) is 5.06. The molecule has 36 heavy (non-hydrogen) atoms. The molecule has 0 saturated heterocycles. The number of nitrogens with two attached hydrogens (primary N) is 1. The van der Waals surface area contributed by atoms with Crippen LogP contribution in [0.4, 0.5) is 10.2 Å². The molecular formula is C27H23FN6O2. The summed E-state index contributed by atoms with van der Waals surface area (Å²) in [5, 5.41) is 0. The van der Waals surface area contributed by atoms with Crippen LogP contribution in [0.1, 0.15) is 34.6 Å². The Morgan fingerprint density at radius 1 is 1.25 bits per heavy atom. The number of rotatable bonds is 4. The van der Waals surface area contributed by atoms with Crippen molar-refractivity contribution in [3.8, 4) is 16.9 Å². The Morgan fingerprint density at radius 2 is 2.11 bits per heavy atom. The maximum Gasteiger partial charge on any atom is 0.257 e. The SMILES string of the molecule is CCN(C(=O)c1cc2c(cc1F)nc(N)c1c(C)ncn12)C1COc2cc(-c3cccnc3)ccc21. The molecule has 0 spiro atoms. The number of hydrogen-bond acceptors (Lipinski definition) is 6. The number of anilines is 1. The molecule has 3 aromatic heterocycles. The minimum Gasteiger partial charge on any atom is -0.491 e. The van der Waals surface area contributed by atoms with Crippen molar-refractivity contribution < 1.29 is 13.9 Å². The summed E-state index contributed by atoms with van der Waals surface area (Å²) in [6.07, 6.45) is 5.12. The number of carbonyl (C=O) groups excluding carboxylic acids is 1. The van der Waals surface area contributed by atoms with Crippen LogP contribution in [-0.2, 0) is 0 Å². The minimum absolute atomic E-state index is 0.0380. The molecule has 4 heterocycles. The Labute approximate surface area is 206 Å². The van der Waals surface area contributed by atoms with Crippen LogP contribution >= 0.6 is 0 Å². The van der Waals surface area contributed by atoms with E-state index in [0.717, 1.165) is 16.7 Å². The minimum atomic E-state index is -0.653. The predicted octanol–water partition coefficient (Wildman–Crippen LogP) is 4.57. The van der Waals surface area contributed by atoms with Gasteiger partial charge in [0.2, 0.25) is 0 Å². The van der Waals surface area contributed by atoms with Crippen LogP contribution in [-0.4, -0.2) is 43.3 Å². The van der Waals surface area contributed by atoms with Gasteiger partial charge < -0.3 is 15.4 Å². The van der Waals surface area contributed by atoms with Crippen LogP contribution in [0, 0.1) is 12.7 Å². The van der Waals surface area contributed by atoms with E-state index in [-0.39, 0.29) is 17.4 Å². The number of aromatic nitrogens is 4. The average molecular weight is 483 g/mol. The van der Waals surface area contributed by atoms with Gasteiger partial charge in [-0.05, 0) is 37.6 Å². The molecule has 1 amide bonds. The first kappa shape index (κ1) is 22.0. The van der Waals surface area contributed by atoms with Gasteiger partial charge in [-0.15, -0.1) is 0 Å². The average Bonchev–Trinajstić information content (AvgIpc) is 3.48. The van der Waals surface area contributed by atoms with E-state index in [1.54, 1.807) is 28.0 Å². The Balaban J connectivity index is 1.39. The third-order valence-electron chi connectivity index (χ3n) is 6.73. The summed E-state index contributed by atoms with van der Waals surface area (Å²) < 4.78 is 23.0. The Bertz CT molecular complexity index is 1650. The first-order valence-electron chi connectivity index (χ1n) is 11.7. The lowest BCUT2D eigenvalue weighted by Gasteiger charge is -2.27. The van der Waals surface area contributed by atoms with Gasteiger partial charge in [0.05, 0.1) is 28.3 Å². The molecule has 8 nitrogen and oxygen atoms in total. The Morgan fingerprint density at radius 3 is 2.89 bits per heavy atom. The van der Waals surface area contributed by atoms with Gasteiger partial charge in [0.1, 0.15) is 35.8 Å². The topological polar surface area (TPSA) is 98.6 Å². The lowest BCUT2D eigenvalue weighted by Crippen LogP contribution is -2.36. The predicted molar refractivity (Wildman–Crippen MR) is 134 cm³/mol. The maximum atomic E-state index is 15.2. The summed E-state index contributed by atoms with van der Waals surface area (Å²) in [7, 11) is 0. The molecule has 0 fully saturated rings. The molecular weight excluding hydrogens is 459 g/mol. The number of nitrogens with zero attached hydrogens (tertiary/aromatic N) is 5. The van der Waals surface area contributed by atoms with E-state index in [1.807, 2.05) is 44.2 Å². The maximum absolute atomic E-state index is 15.2. The summed E-state index contributed by atoms with van der Waals surface area (Å²) in [6, 6.07) is 12.2. The van der Waals surface area contributed by atoms with Crippen molar-refractivity contribution in [1.82, 2.24) is 24.3 Å². The number of halogens is 1. The van der Waals surface area contributed by atoms with Crippen LogP contribution < -0.4 is 10.5 Å². The van der Waals surface area contributed by atoms with Crippen LogP contribution in [0.15, 0.2) is 61.2 Å². The molecule has 0 radical (unpaired) electrons. The molecule has 1 aliphatic rings. The van der Waals surface area contributed by atoms with Gasteiger partial charge in [0, 0.05) is 36.1 Å². The normalized spacial score (nSPS) is 14.7. The fraction of sp³-hybridized carbons (Fsp3) is 0.185. The number of amides is 1. The van der Waals surface area contributed by atoms with E-state index in [9.17, 15) is 4.79 Å². The molecule has 0 saturated carbocycles. The number of imidazole rings is 1. The number of aryl methyl sites for hydroxylation is 1. The quantitative estimate of drug-likeness (QED) is 0.403. The molecule has 180 valence electrons. The number of fused-ring (bicyclic) bond motifs is 4. The largest absolute Gasteiger partial charge is 0.491 e. The smallest absolute Gasteiger partial charge is 0.257 e. The van der Waals surface area contributed by atoms with Gasteiger partial charge in [-0.3, -0.25) is 14.2 Å². The van der Waals surface area contributed by atoms with E-state index in [4.69, 9.17) is 10.5 Å². The second-order valence-electron chi connectivity index (χ2n) is 8.78. The van der Waals surface area contributed by atoms with Gasteiger partial charge in [-0.2, -0.15) is 0 Å². The number of ether oxygens (including phenoxy) is 1. The number of pyridine rings is 1. The number of carbonyl (C=O) groups is 1. The van der Waals surface area contributed by atoms with Gasteiger partial charge in [-0.1, -0.05) is 18.2 Å². The van der Waals surface area contributed by atoms with Crippen LogP contribution in [0.3, 0.4) is 0 Å². The van der Waals surface area contributed by atoms with Crippen molar-refractivity contribution in [3.63, 3.8) is 0 Å². The summed E-state index contributed by atoms with van der Waals surface area (Å²) in [5.41, 5.74) is 11.1. The second kappa shape index (κ2) is 8.30. The van der Waals surface area contributed by atoms with Gasteiger partial charge in [0.25, 0.3) is 5.91 Å². The third-order valence-corrected chi connectivity index (χ3v) is 6.73. The zero-order valence-electron chi connectivity index (χ0n) is 19.8. The zero-order valence-corrected chi connectivity index (χ0v) is 19.8. The van der Waals surface area contributed by atoms with E-state index in [2.05, 4.69) is 15.0 Å². The summed E-state index contributed by atoms with van der Waals surface area (Å²) >= 11 is 0. The highest BCUT2D eigenvalue weighted by molar-refractivity contribution is 5.99. The van der Waals surface area contributed by atoms with E-state index in [0.29, 0.717) is 41.1 Å². The Hall–Kier alpha value is -4.53. The number of hydrogen-bond donors (Lipinski definition) is 1. The standard InChI is InChI=1S/C27H23FN6O2/c1-3-33(23-13-36-24-9-16(6-7-18(23)24)17-5-4-8-30-12-17)27(35)19-10-22-21(11-20(19)28)32-26(29)25-15(2)31-14-34(22)25/h4-12,14,23H,3,13H2,1-2H3,(H2,29,32). The van der Waals surface area contributed by atoms with E-state index in [1.165, 1.54) is 12.1 Å². The fourth-order valence-corrected chi connectivity index (χ4v) is 4.93. The van der Waals surface area contributed by atoms with Crippen molar-refractivity contribution >= 4 is 28.3 Å². The summed E-state index contributed by atoms with van der Waals surface area (Å²) in [4.78, 5) is 28.1.